The van der Waals surface area contributed by atoms with Crippen LogP contribution in [0.25, 0.3) is 0 Å². The zero-order chi connectivity index (χ0) is 15.5. The number of nitrogens with one attached hydrogen (secondary N) is 1. The highest BCUT2D eigenvalue weighted by molar-refractivity contribution is 5.17. The van der Waals surface area contributed by atoms with Gasteiger partial charge in [-0.2, -0.15) is 0 Å². The summed E-state index contributed by atoms with van der Waals surface area (Å²) in [7, 11) is 0. The Morgan fingerprint density at radius 1 is 1.33 bits per heavy atom. The maximum absolute atomic E-state index is 13.4. The largest absolute Gasteiger partial charge is 0.308 e. The highest BCUT2D eigenvalue weighted by Crippen LogP contribution is 2.27. The number of nitrogens with zero attached hydrogens (tertiary/aromatic N) is 1. The van der Waals surface area contributed by atoms with Crippen molar-refractivity contribution in [3.05, 3.63) is 35.6 Å². The molecule has 1 aliphatic rings. The Morgan fingerprint density at radius 2 is 2.05 bits per heavy atom. The second-order valence-electron chi connectivity index (χ2n) is 6.71. The molecule has 1 N–H and O–H groups in total. The monoisotopic (exact) mass is 292 g/mol. The Kier molecular flexibility index (Phi) is 5.39. The van der Waals surface area contributed by atoms with E-state index in [-0.39, 0.29) is 11.4 Å². The zero-order valence-electron chi connectivity index (χ0n) is 13.8. The maximum Gasteiger partial charge on any atom is 0.123 e. The lowest BCUT2D eigenvalue weighted by Crippen LogP contribution is -2.64. The first-order chi connectivity index (χ1) is 9.99. The van der Waals surface area contributed by atoms with Gasteiger partial charge in [-0.1, -0.05) is 39.8 Å². The first-order valence-corrected chi connectivity index (χ1v) is 8.23. The molecule has 0 spiro atoms. The van der Waals surface area contributed by atoms with Gasteiger partial charge < -0.3 is 5.32 Å². The van der Waals surface area contributed by atoms with Gasteiger partial charge in [-0.15, -0.1) is 0 Å². The van der Waals surface area contributed by atoms with Crippen LogP contribution in [0.5, 0.6) is 0 Å². The average molecular weight is 292 g/mol. The van der Waals surface area contributed by atoms with Crippen LogP contribution in [0.2, 0.25) is 0 Å². The second kappa shape index (κ2) is 6.89. The average Bonchev–Trinajstić information content (AvgIpc) is 2.47. The van der Waals surface area contributed by atoms with E-state index in [0.29, 0.717) is 12.0 Å². The minimum atomic E-state index is -0.138. The molecule has 118 valence electrons. The lowest BCUT2D eigenvalue weighted by molar-refractivity contribution is 0.0442. The van der Waals surface area contributed by atoms with Gasteiger partial charge in [0, 0.05) is 31.2 Å². The third-order valence-corrected chi connectivity index (χ3v) is 5.06. The molecule has 1 fully saturated rings. The molecule has 3 heteroatoms. The number of piperazine rings is 1. The zero-order valence-corrected chi connectivity index (χ0v) is 13.8. The Labute approximate surface area is 128 Å². The van der Waals surface area contributed by atoms with Crippen molar-refractivity contribution in [2.75, 3.05) is 13.1 Å². The minimum Gasteiger partial charge on any atom is -0.308 e. The molecule has 0 radical (unpaired) electrons. The van der Waals surface area contributed by atoms with Gasteiger partial charge in [0.2, 0.25) is 0 Å². The van der Waals surface area contributed by atoms with Crippen LogP contribution in [-0.4, -0.2) is 29.6 Å². The van der Waals surface area contributed by atoms with E-state index in [4.69, 9.17) is 0 Å². The molecule has 1 aromatic rings. The van der Waals surface area contributed by atoms with Gasteiger partial charge in [-0.05, 0) is 36.5 Å². The summed E-state index contributed by atoms with van der Waals surface area (Å²) in [6, 6.07) is 7.54. The molecule has 2 nitrogen and oxygen atoms in total. The smallest absolute Gasteiger partial charge is 0.123 e. The highest BCUT2D eigenvalue weighted by Gasteiger charge is 2.37. The van der Waals surface area contributed by atoms with Crippen LogP contribution in [0.3, 0.4) is 0 Å². The number of hydrogen-bond acceptors (Lipinski definition) is 2. The van der Waals surface area contributed by atoms with Crippen LogP contribution in [0.15, 0.2) is 24.3 Å². The second-order valence-corrected chi connectivity index (χ2v) is 6.71. The van der Waals surface area contributed by atoms with Crippen LogP contribution >= 0.6 is 0 Å². The maximum atomic E-state index is 13.4. The quantitative estimate of drug-likeness (QED) is 0.887. The fourth-order valence-corrected chi connectivity index (χ4v) is 3.44. The molecule has 0 saturated carbocycles. The molecular weight excluding hydrogens is 263 g/mol. The molecule has 1 saturated heterocycles. The van der Waals surface area contributed by atoms with Gasteiger partial charge in [0.05, 0.1) is 0 Å². The van der Waals surface area contributed by atoms with Crippen molar-refractivity contribution >= 4 is 0 Å². The summed E-state index contributed by atoms with van der Waals surface area (Å²) in [5, 5.41) is 3.77. The Morgan fingerprint density at radius 3 is 2.62 bits per heavy atom. The van der Waals surface area contributed by atoms with Crippen molar-refractivity contribution in [1.82, 2.24) is 10.2 Å². The summed E-state index contributed by atoms with van der Waals surface area (Å²) in [4.78, 5) is 2.54. The van der Waals surface area contributed by atoms with Gasteiger partial charge in [0.1, 0.15) is 5.82 Å². The Hall–Kier alpha value is -0.930. The van der Waals surface area contributed by atoms with Gasteiger partial charge in [-0.25, -0.2) is 4.39 Å². The Bertz CT molecular complexity index is 454. The van der Waals surface area contributed by atoms with Crippen molar-refractivity contribution < 1.29 is 4.39 Å². The molecule has 1 heterocycles. The van der Waals surface area contributed by atoms with E-state index in [9.17, 15) is 4.39 Å². The lowest BCUT2D eigenvalue weighted by atomic mass is 9.86. The van der Waals surface area contributed by atoms with Gasteiger partial charge in [-0.3, -0.25) is 4.90 Å². The summed E-state index contributed by atoms with van der Waals surface area (Å²) in [6.07, 6.45) is 2.27. The summed E-state index contributed by atoms with van der Waals surface area (Å²) in [5.41, 5.74) is 1.28. The summed E-state index contributed by atoms with van der Waals surface area (Å²) >= 11 is 0. The van der Waals surface area contributed by atoms with E-state index in [1.54, 1.807) is 6.07 Å². The molecule has 2 rings (SSSR count). The predicted molar refractivity (Wildman–Crippen MR) is 86.8 cm³/mol. The molecule has 1 aliphatic heterocycles. The summed E-state index contributed by atoms with van der Waals surface area (Å²) in [6.45, 7) is 12.0. The molecule has 21 heavy (non-hydrogen) atoms. The first kappa shape index (κ1) is 16.4. The van der Waals surface area contributed by atoms with Gasteiger partial charge >= 0.3 is 0 Å². The third kappa shape index (κ3) is 3.83. The van der Waals surface area contributed by atoms with Crippen LogP contribution in [0, 0.1) is 11.7 Å². The van der Waals surface area contributed by atoms with E-state index in [1.165, 1.54) is 6.07 Å². The summed E-state index contributed by atoms with van der Waals surface area (Å²) < 4.78 is 13.4. The first-order valence-electron chi connectivity index (χ1n) is 8.23. The lowest BCUT2D eigenvalue weighted by Gasteiger charge is -2.49. The number of benzene rings is 1. The summed E-state index contributed by atoms with van der Waals surface area (Å²) in [5.74, 6) is 0.457. The van der Waals surface area contributed by atoms with Crippen LogP contribution in [-0.2, 0) is 6.54 Å². The molecule has 1 atom stereocenters. The van der Waals surface area contributed by atoms with Crippen molar-refractivity contribution in [2.24, 2.45) is 5.92 Å². The SMILES string of the molecule is CCC1(CC)CN(Cc2cccc(F)c2)C(C(C)C)CN1. The molecule has 1 unspecified atom stereocenters. The van der Waals surface area contributed by atoms with E-state index in [0.717, 1.165) is 38.0 Å². The topological polar surface area (TPSA) is 15.3 Å². The van der Waals surface area contributed by atoms with Crippen LogP contribution < -0.4 is 5.32 Å². The molecular formula is C18H29FN2. The molecule has 0 amide bonds. The normalized spacial score (nSPS) is 22.7. The fourth-order valence-electron chi connectivity index (χ4n) is 3.44. The Balaban J connectivity index is 2.18. The number of hydrogen-bond donors (Lipinski definition) is 1. The molecule has 0 aliphatic carbocycles. The molecule has 0 aromatic heterocycles. The van der Waals surface area contributed by atoms with Gasteiger partial charge in [0.15, 0.2) is 0 Å². The van der Waals surface area contributed by atoms with E-state index >= 15 is 0 Å². The van der Waals surface area contributed by atoms with Crippen molar-refractivity contribution in [1.29, 1.82) is 0 Å². The van der Waals surface area contributed by atoms with Crippen molar-refractivity contribution in [2.45, 2.75) is 58.7 Å². The number of rotatable bonds is 5. The standard InChI is InChI=1S/C18H29FN2/c1-5-18(6-2)13-21(17(11-20-18)14(3)4)12-15-8-7-9-16(19)10-15/h7-10,14,17,20H,5-6,11-13H2,1-4H3. The van der Waals surface area contributed by atoms with Crippen LogP contribution in [0.4, 0.5) is 4.39 Å². The van der Waals surface area contributed by atoms with Crippen molar-refractivity contribution in [3.63, 3.8) is 0 Å². The van der Waals surface area contributed by atoms with E-state index < -0.39 is 0 Å². The number of halogens is 1. The molecule has 0 bridgehead atoms. The van der Waals surface area contributed by atoms with Gasteiger partial charge in [0.25, 0.3) is 0 Å². The highest BCUT2D eigenvalue weighted by atomic mass is 19.1. The van der Waals surface area contributed by atoms with E-state index in [2.05, 4.69) is 37.9 Å². The van der Waals surface area contributed by atoms with Crippen molar-refractivity contribution in [3.8, 4) is 0 Å². The third-order valence-electron chi connectivity index (χ3n) is 5.06. The fraction of sp³-hybridized carbons (Fsp3) is 0.667. The minimum absolute atomic E-state index is 0.138. The van der Waals surface area contributed by atoms with Crippen LogP contribution in [0.1, 0.15) is 46.1 Å². The van der Waals surface area contributed by atoms with E-state index in [1.807, 2.05) is 12.1 Å². The molecule has 1 aromatic carbocycles. The predicted octanol–water partition coefficient (Wildman–Crippen LogP) is 3.81.